The molecule has 24 heavy (non-hydrogen) atoms. The van der Waals surface area contributed by atoms with Crippen molar-refractivity contribution in [3.63, 3.8) is 0 Å². The van der Waals surface area contributed by atoms with Crippen molar-refractivity contribution in [1.29, 1.82) is 0 Å². The van der Waals surface area contributed by atoms with Crippen molar-refractivity contribution in [2.75, 3.05) is 6.54 Å². The third kappa shape index (κ3) is 2.47. The number of carbonyl (C=O) groups excluding carboxylic acids is 4. The van der Waals surface area contributed by atoms with Gasteiger partial charge in [0.1, 0.15) is 6.54 Å². The molecule has 0 unspecified atom stereocenters. The maximum atomic E-state index is 12.5. The molecule has 4 amide bonds. The average molecular weight is 335 g/mol. The summed E-state index contributed by atoms with van der Waals surface area (Å²) in [6, 6.07) is 0. The van der Waals surface area contributed by atoms with Crippen LogP contribution in [0.25, 0.3) is 0 Å². The molecule has 8 heteroatoms. The number of rotatable bonds is 4. The minimum absolute atomic E-state index is 0.00511. The summed E-state index contributed by atoms with van der Waals surface area (Å²) in [7, 11) is 0. The van der Waals surface area contributed by atoms with E-state index < -0.39 is 40.1 Å². The van der Waals surface area contributed by atoms with Gasteiger partial charge in [0.2, 0.25) is 0 Å². The van der Waals surface area contributed by atoms with Gasteiger partial charge in [0.05, 0.1) is 18.1 Å². The molecule has 2 heterocycles. The van der Waals surface area contributed by atoms with Crippen molar-refractivity contribution in [2.45, 2.75) is 38.5 Å². The predicted molar refractivity (Wildman–Crippen MR) is 78.5 cm³/mol. The monoisotopic (exact) mass is 335 g/mol. The van der Waals surface area contributed by atoms with Gasteiger partial charge in [0.15, 0.2) is 0 Å². The number of carbonyl (C=O) groups is 5. The van der Waals surface area contributed by atoms with Crippen molar-refractivity contribution in [3.05, 3.63) is 12.2 Å². The second kappa shape index (κ2) is 5.94. The highest BCUT2D eigenvalue weighted by atomic mass is 16.4. The third-order valence-corrected chi connectivity index (χ3v) is 5.18. The van der Waals surface area contributed by atoms with Gasteiger partial charge in [-0.25, -0.2) is 9.59 Å². The van der Waals surface area contributed by atoms with Gasteiger partial charge in [0, 0.05) is 18.8 Å². The van der Waals surface area contributed by atoms with E-state index in [4.69, 9.17) is 5.11 Å². The van der Waals surface area contributed by atoms with E-state index in [0.717, 1.165) is 17.2 Å². The quantitative estimate of drug-likeness (QED) is 0.588. The smallest absolute Gasteiger partial charge is 0.371 e. The molecule has 2 fully saturated rings. The van der Waals surface area contributed by atoms with Gasteiger partial charge in [-0.1, -0.05) is 4.59 Å². The number of carboxylic acid groups (broad SMARTS) is 1. The average Bonchev–Trinajstić information content (AvgIpc) is 3.02. The van der Waals surface area contributed by atoms with E-state index in [2.05, 4.69) is 0 Å². The van der Waals surface area contributed by atoms with E-state index in [1.807, 2.05) is 0 Å². The first kappa shape index (κ1) is 16.5. The Bertz CT molecular complexity index is 625. The van der Waals surface area contributed by atoms with Crippen LogP contribution in [-0.2, 0) is 24.0 Å². The number of carboxylic acids is 1. The molecular weight excluding hydrogens is 316 g/mol. The molecule has 128 valence electrons. The molecule has 3 rings (SSSR count). The molecule has 0 bridgehead atoms. The van der Waals surface area contributed by atoms with Crippen molar-refractivity contribution < 1.29 is 33.7 Å². The fourth-order valence-electron chi connectivity index (χ4n) is 3.87. The molecule has 1 saturated heterocycles. The molecule has 0 radical (unpaired) electrons. The van der Waals surface area contributed by atoms with E-state index in [1.165, 1.54) is 0 Å². The summed E-state index contributed by atoms with van der Waals surface area (Å²) in [6.45, 7) is 0.0362. The van der Waals surface area contributed by atoms with Crippen LogP contribution in [0.3, 0.4) is 0 Å². The standard InChI is InChI=1S/C16H18N2O6/c19-12-5-6-13(20)17(12)18(14(21)7-8-15(18)22)9-10-1-3-11(4-2-10)16(23)24/h7-8,10-11H,1-6,9H2/p+1. The van der Waals surface area contributed by atoms with Crippen LogP contribution in [0.15, 0.2) is 12.2 Å². The summed E-state index contributed by atoms with van der Waals surface area (Å²) in [5.74, 6) is -3.51. The number of imide groups is 2. The number of quaternary nitrogens is 1. The number of nitrogens with zero attached hydrogens (tertiary/aromatic N) is 2. The van der Waals surface area contributed by atoms with Gasteiger partial charge >= 0.3 is 17.8 Å². The Kier molecular flexibility index (Phi) is 4.08. The first-order chi connectivity index (χ1) is 11.4. The number of hydrogen-bond acceptors (Lipinski definition) is 5. The lowest BCUT2D eigenvalue weighted by atomic mass is 9.81. The molecule has 8 nitrogen and oxygen atoms in total. The van der Waals surface area contributed by atoms with E-state index in [-0.39, 0.29) is 25.3 Å². The van der Waals surface area contributed by atoms with Crippen LogP contribution < -0.4 is 0 Å². The minimum atomic E-state index is -0.903. The molecule has 0 atom stereocenters. The molecule has 0 aromatic heterocycles. The Labute approximate surface area is 138 Å². The molecule has 1 saturated carbocycles. The summed E-state index contributed by atoms with van der Waals surface area (Å²) in [5.41, 5.74) is 0. The second-order valence-corrected chi connectivity index (χ2v) is 6.62. The first-order valence-electron chi connectivity index (χ1n) is 8.10. The topological polar surface area (TPSA) is 109 Å². The Hall–Kier alpha value is -2.35. The van der Waals surface area contributed by atoms with E-state index in [1.54, 1.807) is 0 Å². The van der Waals surface area contributed by atoms with Crippen LogP contribution in [0.1, 0.15) is 38.5 Å². The van der Waals surface area contributed by atoms with Crippen LogP contribution in [-0.4, -0.2) is 50.9 Å². The van der Waals surface area contributed by atoms with E-state index in [9.17, 15) is 24.0 Å². The fraction of sp³-hybridized carbons (Fsp3) is 0.562. The highest BCUT2D eigenvalue weighted by molar-refractivity contribution is 6.09. The van der Waals surface area contributed by atoms with Crippen LogP contribution in [0.2, 0.25) is 0 Å². The molecule has 0 aromatic carbocycles. The van der Waals surface area contributed by atoms with Crippen molar-refractivity contribution in [2.24, 2.45) is 11.8 Å². The van der Waals surface area contributed by atoms with Crippen molar-refractivity contribution in [3.8, 4) is 0 Å². The zero-order chi connectivity index (χ0) is 17.5. The van der Waals surface area contributed by atoms with Crippen LogP contribution in [0, 0.1) is 11.8 Å². The van der Waals surface area contributed by atoms with Crippen molar-refractivity contribution >= 4 is 29.6 Å². The summed E-state index contributed by atoms with van der Waals surface area (Å²) in [4.78, 5) is 60.2. The highest BCUT2D eigenvalue weighted by Crippen LogP contribution is 2.35. The van der Waals surface area contributed by atoms with Crippen LogP contribution >= 0.6 is 0 Å². The Balaban J connectivity index is 1.84. The summed E-state index contributed by atoms with van der Waals surface area (Å²) in [5, 5.41) is 9.88. The SMILES string of the molecule is O=C(O)C1CCC(C[N+]2(N3C(=O)CCC3=O)C(=O)C=CC2=O)CC1. The van der Waals surface area contributed by atoms with Gasteiger partial charge in [-0.2, -0.15) is 0 Å². The van der Waals surface area contributed by atoms with Gasteiger partial charge in [-0.15, -0.1) is 5.01 Å². The first-order valence-corrected chi connectivity index (χ1v) is 8.10. The Morgan fingerprint density at radius 2 is 1.50 bits per heavy atom. The molecule has 0 aromatic rings. The fourth-order valence-corrected chi connectivity index (χ4v) is 3.87. The summed E-state index contributed by atoms with van der Waals surface area (Å²) >= 11 is 0. The second-order valence-electron chi connectivity index (χ2n) is 6.62. The molecular formula is C16H19N2O6+. The predicted octanol–water partition coefficient (Wildman–Crippen LogP) is 0.381. The number of amides is 4. The van der Waals surface area contributed by atoms with Gasteiger partial charge in [-0.05, 0) is 25.7 Å². The maximum absolute atomic E-state index is 12.5. The van der Waals surface area contributed by atoms with Gasteiger partial charge in [-0.3, -0.25) is 14.4 Å². The molecule has 2 aliphatic heterocycles. The normalized spacial score (nSPS) is 29.6. The Morgan fingerprint density at radius 1 is 1.00 bits per heavy atom. The number of aliphatic carboxylic acids is 1. The van der Waals surface area contributed by atoms with Crippen molar-refractivity contribution in [1.82, 2.24) is 5.01 Å². The lowest BCUT2D eigenvalue weighted by Gasteiger charge is -2.37. The molecule has 3 aliphatic rings. The highest BCUT2D eigenvalue weighted by Gasteiger charge is 2.59. The number of hydrogen-bond donors (Lipinski definition) is 1. The molecule has 1 aliphatic carbocycles. The zero-order valence-corrected chi connectivity index (χ0v) is 13.1. The van der Waals surface area contributed by atoms with E-state index in [0.29, 0.717) is 25.7 Å². The van der Waals surface area contributed by atoms with Gasteiger partial charge < -0.3 is 5.11 Å². The minimum Gasteiger partial charge on any atom is -0.481 e. The van der Waals surface area contributed by atoms with Crippen LogP contribution in [0.4, 0.5) is 0 Å². The molecule has 1 N–H and O–H groups in total. The van der Waals surface area contributed by atoms with Crippen LogP contribution in [0.5, 0.6) is 0 Å². The summed E-state index contributed by atoms with van der Waals surface area (Å²) < 4.78 is -0.903. The maximum Gasteiger partial charge on any atom is 0.371 e. The van der Waals surface area contributed by atoms with Gasteiger partial charge in [0.25, 0.3) is 11.8 Å². The molecule has 0 spiro atoms. The van der Waals surface area contributed by atoms with E-state index >= 15 is 0 Å². The lowest BCUT2D eigenvalue weighted by Crippen LogP contribution is -2.67. The summed E-state index contributed by atoms with van der Waals surface area (Å²) in [6.07, 6.45) is 4.28. The Morgan fingerprint density at radius 3 is 1.96 bits per heavy atom. The largest absolute Gasteiger partial charge is 0.481 e. The lowest BCUT2D eigenvalue weighted by molar-refractivity contribution is -0.870. The zero-order valence-electron chi connectivity index (χ0n) is 13.1. The third-order valence-electron chi connectivity index (χ3n) is 5.18.